The van der Waals surface area contributed by atoms with Crippen LogP contribution in [0.4, 0.5) is 5.00 Å². The molecule has 0 fully saturated rings. The molecule has 2 amide bonds. The minimum absolute atomic E-state index is 0.00462. The van der Waals surface area contributed by atoms with Crippen molar-refractivity contribution in [2.75, 3.05) is 11.1 Å². The number of thiophene rings is 1. The summed E-state index contributed by atoms with van der Waals surface area (Å²) in [7, 11) is 1.76. The zero-order valence-electron chi connectivity index (χ0n) is 17.6. The first-order valence-corrected chi connectivity index (χ1v) is 11.9. The zero-order chi connectivity index (χ0) is 23.6. The van der Waals surface area contributed by atoms with E-state index in [9.17, 15) is 14.4 Å². The van der Waals surface area contributed by atoms with E-state index in [0.29, 0.717) is 27.0 Å². The summed E-state index contributed by atoms with van der Waals surface area (Å²) in [4.78, 5) is 37.0. The van der Waals surface area contributed by atoms with Crippen molar-refractivity contribution in [3.05, 3.63) is 32.8 Å². The second-order valence-corrected chi connectivity index (χ2v) is 9.63. The number of carbonyl (C=O) groups excluding carboxylic acids is 3. The van der Waals surface area contributed by atoms with Crippen LogP contribution in [0.2, 0.25) is 0 Å². The molecule has 3 aromatic rings. The van der Waals surface area contributed by atoms with Crippen molar-refractivity contribution in [1.29, 1.82) is 0 Å². The van der Waals surface area contributed by atoms with Crippen LogP contribution in [0.1, 0.15) is 39.4 Å². The van der Waals surface area contributed by atoms with Crippen molar-refractivity contribution in [1.82, 2.24) is 14.8 Å². The fourth-order valence-corrected chi connectivity index (χ4v) is 4.82. The molecule has 0 unspecified atom stereocenters. The number of hydrogen-bond donors (Lipinski definition) is 2. The highest BCUT2D eigenvalue weighted by atomic mass is 79.9. The van der Waals surface area contributed by atoms with Crippen molar-refractivity contribution in [3.63, 3.8) is 0 Å². The van der Waals surface area contributed by atoms with E-state index in [1.54, 1.807) is 44.5 Å². The molecule has 3 aromatic heterocycles. The number of nitrogens with two attached hydrogens (primary N) is 1. The Morgan fingerprint density at radius 2 is 2.06 bits per heavy atom. The van der Waals surface area contributed by atoms with E-state index in [-0.39, 0.29) is 27.3 Å². The maximum absolute atomic E-state index is 12.6. The van der Waals surface area contributed by atoms with Gasteiger partial charge < -0.3 is 24.8 Å². The van der Waals surface area contributed by atoms with Gasteiger partial charge in [0.25, 0.3) is 5.91 Å². The molecular formula is C19H20BrN5O5S2. The largest absolute Gasteiger partial charge is 0.459 e. The Bertz CT molecular complexity index is 1180. The van der Waals surface area contributed by atoms with Gasteiger partial charge in [-0.2, -0.15) is 0 Å². The van der Waals surface area contributed by atoms with Gasteiger partial charge in [0.2, 0.25) is 5.91 Å². The number of amides is 2. The topological polar surface area (TPSA) is 142 Å². The van der Waals surface area contributed by atoms with Gasteiger partial charge in [0.05, 0.1) is 22.3 Å². The molecule has 0 aliphatic heterocycles. The number of carbonyl (C=O) groups is 3. The average molecular weight is 542 g/mol. The number of rotatable bonds is 8. The maximum Gasteiger partial charge on any atom is 0.341 e. The standard InChI is InChI=1S/C19H20BrN5O5S2/c1-8(2)29-18(28)13-9(3)14(15(21)27)32-17(13)22-12(26)7-31-19-24-23-16(25(19)4)10-5-6-11(20)30-10/h5-6,8H,7H2,1-4H3,(H2,21,27)(H,22,26). The number of nitrogens with zero attached hydrogens (tertiary/aromatic N) is 3. The summed E-state index contributed by atoms with van der Waals surface area (Å²) in [6.45, 7) is 5.01. The molecule has 3 heterocycles. The lowest BCUT2D eigenvalue weighted by Gasteiger charge is -2.10. The quantitative estimate of drug-likeness (QED) is 0.325. The molecule has 0 aromatic carbocycles. The van der Waals surface area contributed by atoms with Crippen molar-refractivity contribution in [2.24, 2.45) is 12.8 Å². The predicted molar refractivity (Wildman–Crippen MR) is 124 cm³/mol. The number of ether oxygens (including phenoxy) is 1. The van der Waals surface area contributed by atoms with E-state index in [4.69, 9.17) is 14.9 Å². The van der Waals surface area contributed by atoms with Gasteiger partial charge in [0.1, 0.15) is 5.00 Å². The van der Waals surface area contributed by atoms with Gasteiger partial charge in [-0.05, 0) is 54.4 Å². The third kappa shape index (κ3) is 5.22. The molecule has 0 bridgehead atoms. The zero-order valence-corrected chi connectivity index (χ0v) is 20.8. The molecule has 0 atom stereocenters. The summed E-state index contributed by atoms with van der Waals surface area (Å²) >= 11 is 5.34. The Morgan fingerprint density at radius 1 is 1.34 bits per heavy atom. The normalized spacial score (nSPS) is 11.1. The number of anilines is 1. The number of esters is 1. The molecular weight excluding hydrogens is 522 g/mol. The van der Waals surface area contributed by atoms with Gasteiger partial charge in [0, 0.05) is 7.05 Å². The molecule has 170 valence electrons. The molecule has 0 spiro atoms. The molecule has 3 N–H and O–H groups in total. The number of thioether (sulfide) groups is 1. The molecule has 3 rings (SSSR count). The highest BCUT2D eigenvalue weighted by molar-refractivity contribution is 9.10. The van der Waals surface area contributed by atoms with Crippen LogP contribution in [0.3, 0.4) is 0 Å². The van der Waals surface area contributed by atoms with Crippen molar-refractivity contribution in [3.8, 4) is 11.6 Å². The first-order chi connectivity index (χ1) is 15.1. The summed E-state index contributed by atoms with van der Waals surface area (Å²) in [5.74, 6) is -0.670. The van der Waals surface area contributed by atoms with Gasteiger partial charge in [-0.3, -0.25) is 9.59 Å². The Labute approximate surface area is 200 Å². The molecule has 0 saturated carbocycles. The Hall–Kier alpha value is -2.64. The van der Waals surface area contributed by atoms with E-state index in [0.717, 1.165) is 23.1 Å². The lowest BCUT2D eigenvalue weighted by Crippen LogP contribution is -2.18. The molecule has 13 heteroatoms. The minimum Gasteiger partial charge on any atom is -0.459 e. The fraction of sp³-hybridized carbons (Fsp3) is 0.316. The molecule has 0 radical (unpaired) electrons. The first-order valence-electron chi connectivity index (χ1n) is 9.30. The average Bonchev–Trinajstić information content (AvgIpc) is 3.37. The highest BCUT2D eigenvalue weighted by Gasteiger charge is 2.26. The van der Waals surface area contributed by atoms with E-state index in [1.807, 2.05) is 0 Å². The van der Waals surface area contributed by atoms with Crippen LogP contribution in [0, 0.1) is 6.92 Å². The number of primary amides is 1. The van der Waals surface area contributed by atoms with Crippen LogP contribution in [-0.2, 0) is 16.6 Å². The van der Waals surface area contributed by atoms with Crippen LogP contribution in [-0.4, -0.2) is 44.4 Å². The van der Waals surface area contributed by atoms with Gasteiger partial charge in [0.15, 0.2) is 21.4 Å². The van der Waals surface area contributed by atoms with Gasteiger partial charge >= 0.3 is 5.97 Å². The van der Waals surface area contributed by atoms with Crippen molar-refractivity contribution < 1.29 is 23.5 Å². The monoisotopic (exact) mass is 541 g/mol. The molecule has 0 saturated heterocycles. The number of halogens is 1. The number of furan rings is 1. The summed E-state index contributed by atoms with van der Waals surface area (Å²) in [5.41, 5.74) is 5.91. The SMILES string of the molecule is Cc1c(C(N)=O)sc(NC(=O)CSc2nnc(-c3ccc(Br)o3)n2C)c1C(=O)OC(C)C. The fourth-order valence-electron chi connectivity index (χ4n) is 2.74. The van der Waals surface area contributed by atoms with E-state index < -0.39 is 17.8 Å². The summed E-state index contributed by atoms with van der Waals surface area (Å²) in [6, 6.07) is 3.50. The van der Waals surface area contributed by atoms with Gasteiger partial charge in [-0.1, -0.05) is 11.8 Å². The maximum atomic E-state index is 12.6. The van der Waals surface area contributed by atoms with Crippen LogP contribution in [0.15, 0.2) is 26.4 Å². The third-order valence-corrected chi connectivity index (χ3v) is 6.80. The van der Waals surface area contributed by atoms with Crippen LogP contribution < -0.4 is 11.1 Å². The lowest BCUT2D eigenvalue weighted by atomic mass is 10.1. The minimum atomic E-state index is -0.683. The van der Waals surface area contributed by atoms with E-state index in [1.165, 1.54) is 0 Å². The Kier molecular flexibility index (Phi) is 7.41. The van der Waals surface area contributed by atoms with Crippen molar-refractivity contribution in [2.45, 2.75) is 32.0 Å². The number of aromatic nitrogens is 3. The molecule has 0 aliphatic rings. The van der Waals surface area contributed by atoms with Crippen LogP contribution >= 0.6 is 39.0 Å². The molecule has 32 heavy (non-hydrogen) atoms. The first kappa shape index (κ1) is 24.0. The molecule has 0 aliphatic carbocycles. The van der Waals surface area contributed by atoms with Gasteiger partial charge in [-0.25, -0.2) is 4.79 Å². The summed E-state index contributed by atoms with van der Waals surface area (Å²) < 4.78 is 13.0. The van der Waals surface area contributed by atoms with Crippen LogP contribution in [0.25, 0.3) is 11.6 Å². The summed E-state index contributed by atoms with van der Waals surface area (Å²) in [6.07, 6.45) is -0.363. The van der Waals surface area contributed by atoms with Gasteiger partial charge in [-0.15, -0.1) is 21.5 Å². The molecule has 10 nitrogen and oxygen atoms in total. The predicted octanol–water partition coefficient (Wildman–Crippen LogP) is 3.60. The Balaban J connectivity index is 1.74. The number of hydrogen-bond acceptors (Lipinski definition) is 9. The second-order valence-electron chi connectivity index (χ2n) is 6.88. The lowest BCUT2D eigenvalue weighted by molar-refractivity contribution is -0.113. The highest BCUT2D eigenvalue weighted by Crippen LogP contribution is 2.34. The third-order valence-electron chi connectivity index (χ3n) is 4.13. The van der Waals surface area contributed by atoms with Crippen LogP contribution in [0.5, 0.6) is 0 Å². The smallest absolute Gasteiger partial charge is 0.341 e. The van der Waals surface area contributed by atoms with E-state index in [2.05, 4.69) is 31.4 Å². The number of nitrogens with one attached hydrogen (secondary N) is 1. The summed E-state index contributed by atoms with van der Waals surface area (Å²) in [5, 5.41) is 11.6. The second kappa shape index (κ2) is 9.88. The Morgan fingerprint density at radius 3 is 2.66 bits per heavy atom. The van der Waals surface area contributed by atoms with Crippen molar-refractivity contribution >= 4 is 61.8 Å². The van der Waals surface area contributed by atoms with E-state index >= 15 is 0 Å².